The molecule has 0 spiro atoms. The van der Waals surface area contributed by atoms with Crippen LogP contribution in [0.4, 0.5) is 13.2 Å². The first kappa shape index (κ1) is 11.0. The lowest BCUT2D eigenvalue weighted by Crippen LogP contribution is -2.12. The summed E-state index contributed by atoms with van der Waals surface area (Å²) in [6, 6.07) is 1.99. The van der Waals surface area contributed by atoms with Crippen molar-refractivity contribution in [3.63, 3.8) is 0 Å². The summed E-state index contributed by atoms with van der Waals surface area (Å²) in [6.45, 7) is 2.02. The highest BCUT2D eigenvalue weighted by atomic mass is 19.4. The summed E-state index contributed by atoms with van der Waals surface area (Å²) in [5.41, 5.74) is 5.04. The van der Waals surface area contributed by atoms with Gasteiger partial charge in [0.1, 0.15) is 0 Å². The number of pyridine rings is 1. The van der Waals surface area contributed by atoms with Crippen molar-refractivity contribution in [3.8, 4) is 0 Å². The van der Waals surface area contributed by atoms with Crippen LogP contribution in [0.3, 0.4) is 0 Å². The van der Waals surface area contributed by atoms with E-state index in [1.165, 1.54) is 0 Å². The Morgan fingerprint density at radius 3 is 2.64 bits per heavy atom. The van der Waals surface area contributed by atoms with Crippen LogP contribution >= 0.6 is 0 Å². The number of hydrogen-bond acceptors (Lipinski definition) is 2. The summed E-state index contributed by atoms with van der Waals surface area (Å²) in [6.07, 6.45) is -3.16. The van der Waals surface area contributed by atoms with Crippen molar-refractivity contribution in [1.82, 2.24) is 4.98 Å². The molecule has 14 heavy (non-hydrogen) atoms. The Balaban J connectivity index is 3.01. The Bertz CT molecular complexity index is 309. The molecule has 78 valence electrons. The van der Waals surface area contributed by atoms with Crippen LogP contribution in [0.15, 0.2) is 18.3 Å². The first-order valence-corrected chi connectivity index (χ1v) is 4.18. The van der Waals surface area contributed by atoms with Crippen LogP contribution < -0.4 is 5.73 Å². The number of alkyl halides is 3. The van der Waals surface area contributed by atoms with Crippen molar-refractivity contribution in [2.24, 2.45) is 5.73 Å². The Hall–Kier alpha value is -1.10. The molecule has 0 fully saturated rings. The monoisotopic (exact) mass is 204 g/mol. The normalized spacial score (nSPS) is 14.1. The SMILES string of the molecule is CC(CN)c1cc(C(F)(F)F)ccn1. The van der Waals surface area contributed by atoms with E-state index in [2.05, 4.69) is 4.98 Å². The maximum absolute atomic E-state index is 12.3. The molecular weight excluding hydrogens is 193 g/mol. The summed E-state index contributed by atoms with van der Waals surface area (Å²) >= 11 is 0. The van der Waals surface area contributed by atoms with Crippen LogP contribution in [0.1, 0.15) is 24.1 Å². The molecule has 0 amide bonds. The summed E-state index contributed by atoms with van der Waals surface area (Å²) in [5, 5.41) is 0. The lowest BCUT2D eigenvalue weighted by molar-refractivity contribution is -0.137. The van der Waals surface area contributed by atoms with Gasteiger partial charge in [0.2, 0.25) is 0 Å². The first-order chi connectivity index (χ1) is 6.45. The second-order valence-corrected chi connectivity index (χ2v) is 3.10. The van der Waals surface area contributed by atoms with E-state index in [-0.39, 0.29) is 12.5 Å². The second kappa shape index (κ2) is 3.96. The smallest absolute Gasteiger partial charge is 0.330 e. The second-order valence-electron chi connectivity index (χ2n) is 3.10. The zero-order valence-corrected chi connectivity index (χ0v) is 7.67. The Labute approximate surface area is 79.9 Å². The quantitative estimate of drug-likeness (QED) is 0.801. The van der Waals surface area contributed by atoms with Crippen LogP contribution in [-0.4, -0.2) is 11.5 Å². The van der Waals surface area contributed by atoms with E-state index in [0.717, 1.165) is 18.3 Å². The molecule has 0 aliphatic rings. The highest BCUT2D eigenvalue weighted by Gasteiger charge is 2.30. The van der Waals surface area contributed by atoms with Gasteiger partial charge < -0.3 is 5.73 Å². The molecule has 0 bridgehead atoms. The molecule has 1 rings (SSSR count). The van der Waals surface area contributed by atoms with E-state index in [4.69, 9.17) is 5.73 Å². The molecule has 0 saturated carbocycles. The fraction of sp³-hybridized carbons (Fsp3) is 0.444. The van der Waals surface area contributed by atoms with Crippen LogP contribution in [0.2, 0.25) is 0 Å². The Kier molecular flexibility index (Phi) is 3.10. The minimum absolute atomic E-state index is 0.155. The van der Waals surface area contributed by atoms with Gasteiger partial charge in [-0.3, -0.25) is 4.98 Å². The molecular formula is C9H11F3N2. The van der Waals surface area contributed by atoms with Gasteiger partial charge in [-0.25, -0.2) is 0 Å². The van der Waals surface area contributed by atoms with E-state index >= 15 is 0 Å². The van der Waals surface area contributed by atoms with Crippen molar-refractivity contribution >= 4 is 0 Å². The van der Waals surface area contributed by atoms with Crippen LogP contribution in [0.25, 0.3) is 0 Å². The molecule has 0 radical (unpaired) electrons. The fourth-order valence-corrected chi connectivity index (χ4v) is 1.01. The molecule has 5 heteroatoms. The number of nitrogens with zero attached hydrogens (tertiary/aromatic N) is 1. The van der Waals surface area contributed by atoms with E-state index in [1.54, 1.807) is 6.92 Å². The number of halogens is 3. The van der Waals surface area contributed by atoms with Crippen LogP contribution in [0.5, 0.6) is 0 Å². The van der Waals surface area contributed by atoms with Gasteiger partial charge in [-0.15, -0.1) is 0 Å². The van der Waals surface area contributed by atoms with E-state index in [1.807, 2.05) is 0 Å². The van der Waals surface area contributed by atoms with Crippen LogP contribution in [0, 0.1) is 0 Å². The average molecular weight is 204 g/mol. The molecule has 1 unspecified atom stereocenters. The largest absolute Gasteiger partial charge is 0.416 e. The van der Waals surface area contributed by atoms with Crippen LogP contribution in [-0.2, 0) is 6.18 Å². The average Bonchev–Trinajstić information content (AvgIpc) is 2.15. The fourth-order valence-electron chi connectivity index (χ4n) is 1.01. The third-order valence-corrected chi connectivity index (χ3v) is 1.97. The van der Waals surface area contributed by atoms with Crippen molar-refractivity contribution in [1.29, 1.82) is 0 Å². The predicted octanol–water partition coefficient (Wildman–Crippen LogP) is 2.16. The molecule has 0 aliphatic carbocycles. The van der Waals surface area contributed by atoms with Gasteiger partial charge in [0.05, 0.1) is 5.56 Å². The van der Waals surface area contributed by atoms with Crippen molar-refractivity contribution in [3.05, 3.63) is 29.6 Å². The molecule has 0 aliphatic heterocycles. The number of aromatic nitrogens is 1. The number of rotatable bonds is 2. The molecule has 0 saturated heterocycles. The van der Waals surface area contributed by atoms with Gasteiger partial charge in [-0.1, -0.05) is 6.92 Å². The summed E-state index contributed by atoms with van der Waals surface area (Å²) in [4.78, 5) is 3.84. The molecule has 0 aromatic carbocycles. The van der Waals surface area contributed by atoms with Gasteiger partial charge in [0.15, 0.2) is 0 Å². The van der Waals surface area contributed by atoms with Crippen molar-refractivity contribution in [2.45, 2.75) is 19.0 Å². The maximum atomic E-state index is 12.3. The molecule has 1 heterocycles. The Morgan fingerprint density at radius 2 is 2.14 bits per heavy atom. The van der Waals surface area contributed by atoms with E-state index < -0.39 is 11.7 Å². The minimum atomic E-state index is -4.31. The van der Waals surface area contributed by atoms with Gasteiger partial charge in [0, 0.05) is 24.4 Å². The van der Waals surface area contributed by atoms with Gasteiger partial charge >= 0.3 is 6.18 Å². The maximum Gasteiger partial charge on any atom is 0.416 e. The summed E-state index contributed by atoms with van der Waals surface area (Å²) < 4.78 is 36.8. The first-order valence-electron chi connectivity index (χ1n) is 4.18. The summed E-state index contributed by atoms with van der Waals surface area (Å²) in [5.74, 6) is -0.155. The van der Waals surface area contributed by atoms with Gasteiger partial charge in [0.25, 0.3) is 0 Å². The Morgan fingerprint density at radius 1 is 1.50 bits per heavy atom. The third kappa shape index (κ3) is 2.45. The van der Waals surface area contributed by atoms with Crippen molar-refractivity contribution < 1.29 is 13.2 Å². The molecule has 1 atom stereocenters. The van der Waals surface area contributed by atoms with Gasteiger partial charge in [-0.05, 0) is 12.1 Å². The van der Waals surface area contributed by atoms with Crippen molar-refractivity contribution in [2.75, 3.05) is 6.54 Å². The van der Waals surface area contributed by atoms with E-state index in [0.29, 0.717) is 5.69 Å². The highest BCUT2D eigenvalue weighted by molar-refractivity contribution is 5.21. The lowest BCUT2D eigenvalue weighted by Gasteiger charge is -2.11. The zero-order chi connectivity index (χ0) is 10.8. The lowest BCUT2D eigenvalue weighted by atomic mass is 10.1. The third-order valence-electron chi connectivity index (χ3n) is 1.97. The molecule has 1 aromatic heterocycles. The topological polar surface area (TPSA) is 38.9 Å². The summed E-state index contributed by atoms with van der Waals surface area (Å²) in [7, 11) is 0. The number of nitrogens with two attached hydrogens (primary N) is 1. The van der Waals surface area contributed by atoms with Gasteiger partial charge in [-0.2, -0.15) is 13.2 Å². The predicted molar refractivity (Wildman–Crippen MR) is 46.7 cm³/mol. The molecule has 1 aromatic rings. The highest BCUT2D eigenvalue weighted by Crippen LogP contribution is 2.29. The van der Waals surface area contributed by atoms with E-state index in [9.17, 15) is 13.2 Å². The standard InChI is InChI=1S/C9H11F3N2/c1-6(5-13)8-4-7(2-3-14-8)9(10,11)12/h2-4,6H,5,13H2,1H3. The number of hydrogen-bond donors (Lipinski definition) is 1. The molecule has 2 nitrogen and oxygen atoms in total. The minimum Gasteiger partial charge on any atom is -0.330 e. The zero-order valence-electron chi connectivity index (χ0n) is 7.67. The molecule has 2 N–H and O–H groups in total.